The summed E-state index contributed by atoms with van der Waals surface area (Å²) >= 11 is 0. The first-order valence-corrected chi connectivity index (χ1v) is 6.62. The maximum absolute atomic E-state index is 11.3. The lowest BCUT2D eigenvalue weighted by atomic mass is 9.93. The van der Waals surface area contributed by atoms with Crippen molar-refractivity contribution in [3.05, 3.63) is 35.9 Å². The molecule has 1 rings (SSSR count). The zero-order chi connectivity index (χ0) is 15.2. The third-order valence-corrected chi connectivity index (χ3v) is 3.03. The summed E-state index contributed by atoms with van der Waals surface area (Å²) in [6.45, 7) is 4.67. The average molecular weight is 276 g/mol. The molecule has 0 unspecified atom stereocenters. The van der Waals surface area contributed by atoms with Gasteiger partial charge in [0.15, 0.2) is 5.96 Å². The van der Waals surface area contributed by atoms with Gasteiger partial charge in [-0.15, -0.1) is 0 Å². The molecule has 0 spiro atoms. The topological polar surface area (TPSA) is 70.7 Å². The van der Waals surface area contributed by atoms with Crippen LogP contribution >= 0.6 is 0 Å². The Labute approximate surface area is 120 Å². The molecule has 1 aromatic carbocycles. The van der Waals surface area contributed by atoms with Gasteiger partial charge in [0.1, 0.15) is 0 Å². The van der Waals surface area contributed by atoms with Crippen LogP contribution in [0, 0.1) is 5.41 Å². The number of amides is 1. The lowest BCUT2D eigenvalue weighted by Gasteiger charge is -2.24. The molecule has 0 aliphatic heterocycles. The van der Waals surface area contributed by atoms with Crippen molar-refractivity contribution in [2.24, 2.45) is 16.1 Å². The molecule has 0 saturated carbocycles. The summed E-state index contributed by atoms with van der Waals surface area (Å²) < 4.78 is 0. The third kappa shape index (κ3) is 4.91. The molecule has 0 aromatic heterocycles. The first kappa shape index (κ1) is 16.0. The fourth-order valence-electron chi connectivity index (χ4n) is 1.49. The number of hydrogen-bond donors (Lipinski definition) is 2. The molecule has 0 fully saturated rings. The molecule has 20 heavy (non-hydrogen) atoms. The first-order chi connectivity index (χ1) is 9.33. The molecule has 0 saturated heterocycles. The number of nitrogens with zero attached hydrogens (tertiary/aromatic N) is 2. The highest BCUT2D eigenvalue weighted by molar-refractivity contribution is 5.83. The first-order valence-electron chi connectivity index (χ1n) is 6.62. The van der Waals surface area contributed by atoms with Gasteiger partial charge in [0.05, 0.1) is 12.0 Å². The summed E-state index contributed by atoms with van der Waals surface area (Å²) in [6.07, 6.45) is 0. The highest BCUT2D eigenvalue weighted by Crippen LogP contribution is 2.12. The summed E-state index contributed by atoms with van der Waals surface area (Å²) in [5.41, 5.74) is 5.90. The van der Waals surface area contributed by atoms with E-state index >= 15 is 0 Å². The van der Waals surface area contributed by atoms with Crippen molar-refractivity contribution in [2.45, 2.75) is 20.4 Å². The van der Waals surface area contributed by atoms with E-state index in [-0.39, 0.29) is 5.91 Å². The van der Waals surface area contributed by atoms with E-state index in [1.165, 1.54) is 0 Å². The van der Waals surface area contributed by atoms with E-state index in [4.69, 9.17) is 5.73 Å². The molecule has 0 radical (unpaired) electrons. The standard InChI is InChI=1S/C15H24N4O/c1-15(2,13(16)20)11-18-14(19(3)4)17-10-12-8-6-5-7-9-12/h5-9H,10-11H2,1-4H3,(H2,16,20)(H,17,18). The number of nitrogens with two attached hydrogens (primary N) is 1. The predicted molar refractivity (Wildman–Crippen MR) is 82.2 cm³/mol. The summed E-state index contributed by atoms with van der Waals surface area (Å²) in [5.74, 6) is 0.411. The second-order valence-electron chi connectivity index (χ2n) is 5.62. The van der Waals surface area contributed by atoms with E-state index < -0.39 is 5.41 Å². The van der Waals surface area contributed by atoms with Crippen LogP contribution in [0.5, 0.6) is 0 Å². The Morgan fingerprint density at radius 2 is 1.90 bits per heavy atom. The molecule has 0 bridgehead atoms. The quantitative estimate of drug-likeness (QED) is 0.627. The van der Waals surface area contributed by atoms with Crippen LogP contribution in [0.1, 0.15) is 19.4 Å². The number of carbonyl (C=O) groups is 1. The zero-order valence-electron chi connectivity index (χ0n) is 12.7. The molecule has 0 heterocycles. The fraction of sp³-hybridized carbons (Fsp3) is 0.467. The largest absolute Gasteiger partial charge is 0.369 e. The SMILES string of the molecule is CN(C)C(=NCc1ccccc1)NCC(C)(C)C(N)=O. The zero-order valence-corrected chi connectivity index (χ0v) is 12.7. The van der Waals surface area contributed by atoms with Crippen molar-refractivity contribution in [1.82, 2.24) is 10.2 Å². The second kappa shape index (κ2) is 6.93. The molecular formula is C15H24N4O. The van der Waals surface area contributed by atoms with Crippen LogP contribution in [-0.4, -0.2) is 37.4 Å². The molecule has 5 nitrogen and oxygen atoms in total. The van der Waals surface area contributed by atoms with Crippen molar-refractivity contribution < 1.29 is 4.79 Å². The van der Waals surface area contributed by atoms with Gasteiger partial charge in [-0.2, -0.15) is 0 Å². The van der Waals surface area contributed by atoms with Crippen LogP contribution in [0.3, 0.4) is 0 Å². The van der Waals surface area contributed by atoms with E-state index in [2.05, 4.69) is 10.3 Å². The van der Waals surface area contributed by atoms with Gasteiger partial charge in [0, 0.05) is 20.6 Å². The minimum atomic E-state index is -0.608. The lowest BCUT2D eigenvalue weighted by molar-refractivity contribution is -0.125. The van der Waals surface area contributed by atoms with Gasteiger partial charge in [0.25, 0.3) is 0 Å². The molecule has 5 heteroatoms. The Morgan fingerprint density at radius 1 is 1.30 bits per heavy atom. The van der Waals surface area contributed by atoms with Crippen LogP contribution in [0.4, 0.5) is 0 Å². The van der Waals surface area contributed by atoms with Gasteiger partial charge in [-0.25, -0.2) is 4.99 Å². The van der Waals surface area contributed by atoms with Crippen LogP contribution < -0.4 is 11.1 Å². The van der Waals surface area contributed by atoms with Crippen LogP contribution in [0.25, 0.3) is 0 Å². The van der Waals surface area contributed by atoms with E-state index in [9.17, 15) is 4.79 Å². The Morgan fingerprint density at radius 3 is 2.40 bits per heavy atom. The van der Waals surface area contributed by atoms with Gasteiger partial charge in [-0.3, -0.25) is 4.79 Å². The Balaban J connectivity index is 2.68. The number of hydrogen-bond acceptors (Lipinski definition) is 2. The van der Waals surface area contributed by atoms with E-state index in [0.29, 0.717) is 13.1 Å². The third-order valence-electron chi connectivity index (χ3n) is 3.03. The van der Waals surface area contributed by atoms with Gasteiger partial charge in [0.2, 0.25) is 5.91 Å². The number of carbonyl (C=O) groups excluding carboxylic acids is 1. The minimum absolute atomic E-state index is 0.328. The lowest BCUT2D eigenvalue weighted by Crippen LogP contribution is -2.46. The fourth-order valence-corrected chi connectivity index (χ4v) is 1.49. The molecule has 0 aliphatic rings. The number of rotatable bonds is 5. The predicted octanol–water partition coefficient (Wildman–Crippen LogP) is 1.21. The minimum Gasteiger partial charge on any atom is -0.369 e. The van der Waals surface area contributed by atoms with Crippen LogP contribution in [0.15, 0.2) is 35.3 Å². The van der Waals surface area contributed by atoms with Crippen molar-refractivity contribution in [1.29, 1.82) is 0 Å². The normalized spacial score (nSPS) is 12.1. The maximum atomic E-state index is 11.3. The van der Waals surface area contributed by atoms with Gasteiger partial charge in [-0.05, 0) is 19.4 Å². The number of primary amides is 1. The number of aliphatic imine (C=N–C) groups is 1. The van der Waals surface area contributed by atoms with Crippen LogP contribution in [-0.2, 0) is 11.3 Å². The Bertz CT molecular complexity index is 466. The summed E-state index contributed by atoms with van der Waals surface area (Å²) in [7, 11) is 3.82. The Kier molecular flexibility index (Phi) is 5.55. The molecule has 1 amide bonds. The number of nitrogens with one attached hydrogen (secondary N) is 1. The van der Waals surface area contributed by atoms with Gasteiger partial charge >= 0.3 is 0 Å². The van der Waals surface area contributed by atoms with E-state index in [1.807, 2.05) is 63.2 Å². The van der Waals surface area contributed by atoms with Crippen molar-refractivity contribution in [3.8, 4) is 0 Å². The van der Waals surface area contributed by atoms with E-state index in [0.717, 1.165) is 11.5 Å². The molecule has 3 N–H and O–H groups in total. The van der Waals surface area contributed by atoms with Crippen molar-refractivity contribution in [3.63, 3.8) is 0 Å². The molecule has 110 valence electrons. The summed E-state index contributed by atoms with van der Waals surface area (Å²) in [5, 5.41) is 3.19. The average Bonchev–Trinajstić information content (AvgIpc) is 2.39. The highest BCUT2D eigenvalue weighted by Gasteiger charge is 2.25. The maximum Gasteiger partial charge on any atom is 0.224 e. The van der Waals surface area contributed by atoms with Crippen molar-refractivity contribution in [2.75, 3.05) is 20.6 Å². The van der Waals surface area contributed by atoms with Gasteiger partial charge < -0.3 is 16.0 Å². The molecule has 0 atom stereocenters. The molecule has 1 aromatic rings. The highest BCUT2D eigenvalue weighted by atomic mass is 16.1. The molecular weight excluding hydrogens is 252 g/mol. The monoisotopic (exact) mass is 276 g/mol. The number of guanidine groups is 1. The Hall–Kier alpha value is -2.04. The summed E-state index contributed by atoms with van der Waals surface area (Å²) in [6, 6.07) is 10.0. The smallest absolute Gasteiger partial charge is 0.224 e. The summed E-state index contributed by atoms with van der Waals surface area (Å²) in [4.78, 5) is 17.7. The van der Waals surface area contributed by atoms with Gasteiger partial charge in [-0.1, -0.05) is 30.3 Å². The molecule has 0 aliphatic carbocycles. The van der Waals surface area contributed by atoms with E-state index in [1.54, 1.807) is 0 Å². The van der Waals surface area contributed by atoms with Crippen LogP contribution in [0.2, 0.25) is 0 Å². The van der Waals surface area contributed by atoms with Crippen molar-refractivity contribution >= 4 is 11.9 Å². The second-order valence-corrected chi connectivity index (χ2v) is 5.62. The number of benzene rings is 1.